The smallest absolute Gasteiger partial charge is 0.280 e. The van der Waals surface area contributed by atoms with Crippen LogP contribution < -0.4 is 10.2 Å². The van der Waals surface area contributed by atoms with Gasteiger partial charge in [0.1, 0.15) is 0 Å². The van der Waals surface area contributed by atoms with E-state index < -0.39 is 0 Å². The number of aromatic nitrogens is 4. The Morgan fingerprint density at radius 3 is 2.75 bits per heavy atom. The molecule has 1 saturated heterocycles. The third-order valence-electron chi connectivity index (χ3n) is 4.24. The number of piperazine rings is 1. The van der Waals surface area contributed by atoms with Crippen molar-refractivity contribution in [3.05, 3.63) is 47.7 Å². The molecule has 0 amide bonds. The van der Waals surface area contributed by atoms with Gasteiger partial charge >= 0.3 is 0 Å². The van der Waals surface area contributed by atoms with E-state index in [9.17, 15) is 0 Å². The number of nitrogens with one attached hydrogen (secondary N) is 1. The molecule has 1 N–H and O–H groups in total. The highest BCUT2D eigenvalue weighted by molar-refractivity contribution is 5.50. The van der Waals surface area contributed by atoms with Gasteiger partial charge in [-0.25, -0.2) is 0 Å². The van der Waals surface area contributed by atoms with Crippen LogP contribution in [0.5, 0.6) is 0 Å². The molecule has 0 saturated carbocycles. The van der Waals surface area contributed by atoms with E-state index in [1.807, 2.05) is 36.0 Å². The molecular formula is C17H20N6O. The molecule has 3 aromatic rings. The van der Waals surface area contributed by atoms with Crippen molar-refractivity contribution in [2.45, 2.75) is 6.42 Å². The fraction of sp³-hybridized carbons (Fsp3) is 0.353. The van der Waals surface area contributed by atoms with Gasteiger partial charge in [0.2, 0.25) is 0 Å². The van der Waals surface area contributed by atoms with Crippen LogP contribution in [0, 0.1) is 0 Å². The van der Waals surface area contributed by atoms with Crippen LogP contribution in [0.25, 0.3) is 11.6 Å². The zero-order valence-electron chi connectivity index (χ0n) is 13.6. The van der Waals surface area contributed by atoms with E-state index in [2.05, 4.69) is 37.6 Å². The van der Waals surface area contributed by atoms with Crippen LogP contribution in [0.15, 0.2) is 40.9 Å². The molecule has 2 aromatic heterocycles. The number of benzene rings is 1. The molecule has 3 heterocycles. The van der Waals surface area contributed by atoms with Gasteiger partial charge in [0.05, 0.1) is 0 Å². The van der Waals surface area contributed by atoms with Gasteiger partial charge in [0.25, 0.3) is 11.8 Å². The number of nitrogens with zero attached hydrogens (tertiary/aromatic N) is 5. The number of anilines is 1. The predicted octanol–water partition coefficient (Wildman–Crippen LogP) is 1.47. The summed E-state index contributed by atoms with van der Waals surface area (Å²) in [6, 6.07) is 12.4. The van der Waals surface area contributed by atoms with Crippen molar-refractivity contribution in [1.29, 1.82) is 0 Å². The lowest BCUT2D eigenvalue weighted by Crippen LogP contribution is -2.44. The monoisotopic (exact) mass is 324 g/mol. The molecule has 7 heteroatoms. The Balaban J connectivity index is 1.54. The molecule has 1 aromatic carbocycles. The fourth-order valence-electron chi connectivity index (χ4n) is 2.89. The van der Waals surface area contributed by atoms with Gasteiger partial charge in [-0.3, -0.25) is 4.68 Å². The molecular weight excluding hydrogens is 304 g/mol. The second-order valence-corrected chi connectivity index (χ2v) is 5.94. The average Bonchev–Trinajstić information content (AvgIpc) is 3.24. The second kappa shape index (κ2) is 6.45. The molecule has 0 spiro atoms. The zero-order chi connectivity index (χ0) is 16.4. The van der Waals surface area contributed by atoms with Crippen molar-refractivity contribution in [3.63, 3.8) is 0 Å². The van der Waals surface area contributed by atoms with E-state index in [0.717, 1.165) is 44.0 Å². The Labute approximate surface area is 140 Å². The normalized spacial score (nSPS) is 15.0. The number of hydrogen-bond donors (Lipinski definition) is 1. The van der Waals surface area contributed by atoms with Gasteiger partial charge in [-0.2, -0.15) is 10.1 Å². The number of rotatable bonds is 4. The molecule has 0 unspecified atom stereocenters. The maximum Gasteiger partial charge on any atom is 0.280 e. The standard InChI is InChI=1S/C17H20N6O/c1-22-14(11-13-5-3-2-4-6-13)12-15(20-22)16-19-17(21-24-16)23-9-7-18-8-10-23/h2-6,12,18H,7-11H2,1H3. The SMILES string of the molecule is Cn1nc(-c2nc(N3CCNCC3)no2)cc1Cc1ccccc1. The molecule has 0 aliphatic carbocycles. The summed E-state index contributed by atoms with van der Waals surface area (Å²) >= 11 is 0. The Kier molecular flexibility index (Phi) is 4.00. The summed E-state index contributed by atoms with van der Waals surface area (Å²) in [6.45, 7) is 3.66. The highest BCUT2D eigenvalue weighted by Gasteiger charge is 2.19. The lowest BCUT2D eigenvalue weighted by atomic mass is 10.1. The van der Waals surface area contributed by atoms with Crippen LogP contribution >= 0.6 is 0 Å². The number of aryl methyl sites for hydroxylation is 1. The zero-order valence-corrected chi connectivity index (χ0v) is 13.6. The van der Waals surface area contributed by atoms with E-state index in [1.54, 1.807) is 0 Å². The van der Waals surface area contributed by atoms with Crippen molar-refractivity contribution >= 4 is 5.95 Å². The Bertz CT molecular complexity index is 804. The molecule has 1 fully saturated rings. The van der Waals surface area contributed by atoms with Crippen molar-refractivity contribution in [1.82, 2.24) is 25.2 Å². The topological polar surface area (TPSA) is 72.0 Å². The second-order valence-electron chi connectivity index (χ2n) is 5.94. The highest BCUT2D eigenvalue weighted by Crippen LogP contribution is 2.21. The summed E-state index contributed by atoms with van der Waals surface area (Å²) in [5.41, 5.74) is 3.08. The van der Waals surface area contributed by atoms with E-state index >= 15 is 0 Å². The van der Waals surface area contributed by atoms with Crippen LogP contribution in [0.4, 0.5) is 5.95 Å². The van der Waals surface area contributed by atoms with Gasteiger partial charge in [0, 0.05) is 45.3 Å². The average molecular weight is 324 g/mol. The van der Waals surface area contributed by atoms with E-state index in [0.29, 0.717) is 11.8 Å². The van der Waals surface area contributed by atoms with E-state index in [-0.39, 0.29) is 0 Å². The van der Waals surface area contributed by atoms with Crippen molar-refractivity contribution in [2.75, 3.05) is 31.1 Å². The first-order chi connectivity index (χ1) is 11.8. The van der Waals surface area contributed by atoms with Crippen LogP contribution in [-0.4, -0.2) is 46.1 Å². The third-order valence-corrected chi connectivity index (χ3v) is 4.24. The van der Waals surface area contributed by atoms with Crippen LogP contribution in [0.2, 0.25) is 0 Å². The number of hydrogen-bond acceptors (Lipinski definition) is 6. The third kappa shape index (κ3) is 3.03. The molecule has 0 radical (unpaired) electrons. The Morgan fingerprint density at radius 1 is 1.17 bits per heavy atom. The van der Waals surface area contributed by atoms with Crippen molar-refractivity contribution in [2.24, 2.45) is 7.05 Å². The van der Waals surface area contributed by atoms with Crippen LogP contribution in [-0.2, 0) is 13.5 Å². The van der Waals surface area contributed by atoms with E-state index in [4.69, 9.17) is 4.52 Å². The maximum absolute atomic E-state index is 5.42. The minimum absolute atomic E-state index is 0.471. The first-order valence-corrected chi connectivity index (χ1v) is 8.16. The van der Waals surface area contributed by atoms with Gasteiger partial charge < -0.3 is 14.7 Å². The molecule has 4 rings (SSSR count). The van der Waals surface area contributed by atoms with Gasteiger partial charge in [-0.15, -0.1) is 0 Å². The minimum Gasteiger partial charge on any atom is -0.336 e. The van der Waals surface area contributed by atoms with Gasteiger partial charge in [-0.05, 0) is 16.8 Å². The predicted molar refractivity (Wildman–Crippen MR) is 90.8 cm³/mol. The molecule has 1 aliphatic heterocycles. The Hall–Kier alpha value is -2.67. The highest BCUT2D eigenvalue weighted by atomic mass is 16.5. The summed E-state index contributed by atoms with van der Waals surface area (Å²) in [5, 5.41) is 11.9. The van der Waals surface area contributed by atoms with E-state index in [1.165, 1.54) is 5.56 Å². The largest absolute Gasteiger partial charge is 0.336 e. The maximum atomic E-state index is 5.42. The fourth-order valence-corrected chi connectivity index (χ4v) is 2.89. The molecule has 0 atom stereocenters. The lowest BCUT2D eigenvalue weighted by Gasteiger charge is -2.25. The molecule has 124 valence electrons. The van der Waals surface area contributed by atoms with Gasteiger partial charge in [0.15, 0.2) is 5.69 Å². The lowest BCUT2D eigenvalue weighted by molar-refractivity contribution is 0.425. The molecule has 7 nitrogen and oxygen atoms in total. The van der Waals surface area contributed by atoms with Crippen molar-refractivity contribution in [3.8, 4) is 11.6 Å². The first-order valence-electron chi connectivity index (χ1n) is 8.16. The minimum atomic E-state index is 0.471. The quantitative estimate of drug-likeness (QED) is 0.783. The Morgan fingerprint density at radius 2 is 1.96 bits per heavy atom. The van der Waals surface area contributed by atoms with Crippen LogP contribution in [0.3, 0.4) is 0 Å². The molecule has 24 heavy (non-hydrogen) atoms. The summed E-state index contributed by atoms with van der Waals surface area (Å²) in [7, 11) is 1.94. The summed E-state index contributed by atoms with van der Waals surface area (Å²) in [6.07, 6.45) is 0.823. The molecule has 0 bridgehead atoms. The summed E-state index contributed by atoms with van der Waals surface area (Å²) in [5.74, 6) is 1.11. The van der Waals surface area contributed by atoms with Crippen molar-refractivity contribution < 1.29 is 4.52 Å². The van der Waals surface area contributed by atoms with Gasteiger partial charge in [-0.1, -0.05) is 30.3 Å². The van der Waals surface area contributed by atoms with Crippen LogP contribution in [0.1, 0.15) is 11.3 Å². The summed E-state index contributed by atoms with van der Waals surface area (Å²) < 4.78 is 7.30. The summed E-state index contributed by atoms with van der Waals surface area (Å²) in [4.78, 5) is 6.63. The molecule has 1 aliphatic rings. The first kappa shape index (κ1) is 14.9.